The number of anilines is 1. The number of nitrogens with one attached hydrogen (secondary N) is 2. The topological polar surface area (TPSA) is 127 Å². The Balaban J connectivity index is 1.13. The first kappa shape index (κ1) is 27.8. The first-order valence-corrected chi connectivity index (χ1v) is 13.7. The molecular formula is C28H35FN6O5. The lowest BCUT2D eigenvalue weighted by molar-refractivity contribution is -0.148. The molecule has 0 bridgehead atoms. The summed E-state index contributed by atoms with van der Waals surface area (Å²) in [6.45, 7) is 5.64. The summed E-state index contributed by atoms with van der Waals surface area (Å²) >= 11 is 0. The number of aromatic nitrogens is 1. The Kier molecular flexibility index (Phi) is 8.17. The van der Waals surface area contributed by atoms with E-state index in [4.69, 9.17) is 4.74 Å². The van der Waals surface area contributed by atoms with E-state index < -0.39 is 23.1 Å². The number of urea groups is 1. The normalized spacial score (nSPS) is 21.9. The quantitative estimate of drug-likeness (QED) is 0.439. The zero-order valence-electron chi connectivity index (χ0n) is 22.6. The number of hydrogen-bond donors (Lipinski definition) is 3. The minimum atomic E-state index is -1.47. The van der Waals surface area contributed by atoms with E-state index in [1.54, 1.807) is 23.1 Å². The molecule has 12 heteroatoms. The van der Waals surface area contributed by atoms with Crippen LogP contribution in [0.2, 0.25) is 0 Å². The van der Waals surface area contributed by atoms with E-state index in [0.717, 1.165) is 45.1 Å². The lowest BCUT2D eigenvalue weighted by Crippen LogP contribution is -2.53. The van der Waals surface area contributed by atoms with Crippen LogP contribution in [0.4, 0.5) is 15.0 Å². The maximum Gasteiger partial charge on any atom is 0.323 e. The van der Waals surface area contributed by atoms with E-state index >= 15 is 0 Å². The third-order valence-corrected chi connectivity index (χ3v) is 8.02. The highest BCUT2D eigenvalue weighted by Crippen LogP contribution is 2.46. The van der Waals surface area contributed by atoms with Crippen LogP contribution in [0.1, 0.15) is 32.1 Å². The maximum absolute atomic E-state index is 14.9. The van der Waals surface area contributed by atoms with Crippen molar-refractivity contribution in [2.45, 2.75) is 38.1 Å². The van der Waals surface area contributed by atoms with Crippen LogP contribution in [0.3, 0.4) is 0 Å². The number of allylic oxidation sites excluding steroid dienone is 4. The second-order valence-electron chi connectivity index (χ2n) is 10.8. The Morgan fingerprint density at radius 3 is 2.48 bits per heavy atom. The highest BCUT2D eigenvalue weighted by Gasteiger charge is 2.57. The van der Waals surface area contributed by atoms with E-state index in [0.29, 0.717) is 30.7 Å². The second-order valence-corrected chi connectivity index (χ2v) is 10.8. The molecule has 0 unspecified atom stereocenters. The van der Waals surface area contributed by atoms with Gasteiger partial charge in [0.25, 0.3) is 0 Å². The Bertz CT molecular complexity index is 1240. The number of halogens is 1. The van der Waals surface area contributed by atoms with E-state index in [1.165, 1.54) is 12.3 Å². The van der Waals surface area contributed by atoms with Crippen molar-refractivity contribution in [3.8, 4) is 5.75 Å². The van der Waals surface area contributed by atoms with Crippen LogP contribution in [0, 0.1) is 5.41 Å². The first-order chi connectivity index (χ1) is 19.2. The molecule has 0 spiro atoms. The SMILES string of the molecule is CN1CCN(C2CCN(C(=O)Nc3cc(OC4=CCC=C(NC(=O)C5(C(=O)O)CC5)C(F)=C4)ccn3)CC2)CC1. The largest absolute Gasteiger partial charge is 0.480 e. The number of rotatable bonds is 7. The fourth-order valence-electron chi connectivity index (χ4n) is 5.23. The molecule has 2 aliphatic heterocycles. The van der Waals surface area contributed by atoms with E-state index in [1.807, 2.05) is 0 Å². The summed E-state index contributed by atoms with van der Waals surface area (Å²) in [7, 11) is 2.14. The number of likely N-dealkylation sites (tertiary alicyclic amines) is 1. The molecule has 2 aliphatic carbocycles. The van der Waals surface area contributed by atoms with Crippen LogP contribution < -0.4 is 15.4 Å². The molecule has 3 amide bonds. The molecule has 0 radical (unpaired) electrons. The third kappa shape index (κ3) is 6.34. The fourth-order valence-corrected chi connectivity index (χ4v) is 5.23. The van der Waals surface area contributed by atoms with Crippen molar-refractivity contribution in [2.24, 2.45) is 5.41 Å². The van der Waals surface area contributed by atoms with Crippen LogP contribution in [0.25, 0.3) is 0 Å². The fraction of sp³-hybridized carbons (Fsp3) is 0.500. The summed E-state index contributed by atoms with van der Waals surface area (Å²) in [5.74, 6) is -1.81. The van der Waals surface area contributed by atoms with Gasteiger partial charge >= 0.3 is 12.0 Å². The number of pyridine rings is 1. The first-order valence-electron chi connectivity index (χ1n) is 13.7. The van der Waals surface area contributed by atoms with Gasteiger partial charge in [0.15, 0.2) is 0 Å². The molecule has 0 atom stereocenters. The van der Waals surface area contributed by atoms with Crippen molar-refractivity contribution in [2.75, 3.05) is 51.6 Å². The number of likely N-dealkylation sites (N-methyl/N-ethyl adjacent to an activating group) is 1. The predicted octanol–water partition coefficient (Wildman–Crippen LogP) is 2.71. The van der Waals surface area contributed by atoms with Gasteiger partial charge in [0, 0.05) is 63.6 Å². The summed E-state index contributed by atoms with van der Waals surface area (Å²) in [5, 5.41) is 14.5. The number of piperidine rings is 1. The minimum absolute atomic E-state index is 0.0913. The van der Waals surface area contributed by atoms with Gasteiger partial charge in [-0.15, -0.1) is 0 Å². The molecule has 2 saturated heterocycles. The zero-order valence-corrected chi connectivity index (χ0v) is 22.6. The van der Waals surface area contributed by atoms with Crippen molar-refractivity contribution >= 4 is 23.7 Å². The van der Waals surface area contributed by atoms with Crippen LogP contribution in [0.15, 0.2) is 53.8 Å². The number of carbonyl (C=O) groups is 3. The number of amides is 3. The Hall–Kier alpha value is -3.77. The number of ether oxygens (including phenoxy) is 1. The Morgan fingerprint density at radius 2 is 1.80 bits per heavy atom. The van der Waals surface area contributed by atoms with Gasteiger partial charge in [-0.2, -0.15) is 0 Å². The number of hydrogen-bond acceptors (Lipinski definition) is 7. The van der Waals surface area contributed by atoms with Gasteiger partial charge in [-0.3, -0.25) is 19.8 Å². The Morgan fingerprint density at radius 1 is 1.07 bits per heavy atom. The van der Waals surface area contributed by atoms with Crippen molar-refractivity contribution in [3.63, 3.8) is 0 Å². The van der Waals surface area contributed by atoms with E-state index in [2.05, 4.69) is 32.5 Å². The van der Waals surface area contributed by atoms with Crippen LogP contribution in [-0.4, -0.2) is 95.1 Å². The molecular weight excluding hydrogens is 519 g/mol. The number of carboxylic acids is 1. The van der Waals surface area contributed by atoms with E-state index in [-0.39, 0.29) is 36.7 Å². The van der Waals surface area contributed by atoms with Crippen molar-refractivity contribution in [3.05, 3.63) is 53.8 Å². The summed E-state index contributed by atoms with van der Waals surface area (Å²) in [4.78, 5) is 47.5. The average molecular weight is 555 g/mol. The lowest BCUT2D eigenvalue weighted by Gasteiger charge is -2.42. The molecule has 3 N–H and O–H groups in total. The summed E-state index contributed by atoms with van der Waals surface area (Å²) in [6.07, 6.45) is 8.31. The molecule has 11 nitrogen and oxygen atoms in total. The van der Waals surface area contributed by atoms with Gasteiger partial charge in [-0.05, 0) is 51.3 Å². The summed E-state index contributed by atoms with van der Waals surface area (Å²) < 4.78 is 20.7. The minimum Gasteiger partial charge on any atom is -0.480 e. The molecule has 3 fully saturated rings. The van der Waals surface area contributed by atoms with Crippen molar-refractivity contribution in [1.82, 2.24) is 25.0 Å². The molecule has 40 heavy (non-hydrogen) atoms. The molecule has 4 aliphatic rings. The van der Waals surface area contributed by atoms with Crippen LogP contribution in [-0.2, 0) is 9.59 Å². The van der Waals surface area contributed by atoms with Crippen molar-refractivity contribution in [1.29, 1.82) is 0 Å². The van der Waals surface area contributed by atoms with Crippen LogP contribution in [0.5, 0.6) is 5.75 Å². The predicted molar refractivity (Wildman–Crippen MR) is 145 cm³/mol. The molecule has 3 heterocycles. The molecule has 0 aromatic carbocycles. The summed E-state index contributed by atoms with van der Waals surface area (Å²) in [6, 6.07) is 3.44. The Labute approximate surface area is 232 Å². The number of nitrogens with zero attached hydrogens (tertiary/aromatic N) is 4. The molecule has 1 aromatic rings. The zero-order chi connectivity index (χ0) is 28.3. The number of aliphatic carboxylic acids is 1. The van der Waals surface area contributed by atoms with Crippen molar-refractivity contribution < 1.29 is 28.6 Å². The number of piperazine rings is 1. The highest BCUT2D eigenvalue weighted by atomic mass is 19.1. The smallest absolute Gasteiger partial charge is 0.323 e. The maximum atomic E-state index is 14.9. The highest BCUT2D eigenvalue weighted by molar-refractivity contribution is 6.05. The third-order valence-electron chi connectivity index (χ3n) is 8.02. The molecule has 1 aromatic heterocycles. The standard InChI is InChI=1S/C28H35FN6O5/c1-33-13-15-34(16-14-33)19-6-11-35(12-7-19)27(39)32-24-18-21(5-10-30-24)40-20-3-2-4-23(22(29)17-20)31-25(36)28(8-9-28)26(37)38/h3-5,10,17-19H,2,6-9,11-16H2,1H3,(H,31,36)(H,37,38)(H,30,32,39). The number of carbonyl (C=O) groups excluding carboxylic acids is 2. The number of carboxylic acid groups (broad SMARTS) is 1. The summed E-state index contributed by atoms with van der Waals surface area (Å²) in [5.41, 5.74) is -1.56. The van der Waals surface area contributed by atoms with Gasteiger partial charge in [0.2, 0.25) is 5.91 Å². The van der Waals surface area contributed by atoms with Gasteiger partial charge in [0.05, 0.1) is 5.70 Å². The second kappa shape index (κ2) is 11.8. The molecule has 5 rings (SSSR count). The van der Waals surface area contributed by atoms with Gasteiger partial charge in [0.1, 0.15) is 28.6 Å². The molecule has 214 valence electrons. The van der Waals surface area contributed by atoms with Gasteiger partial charge < -0.3 is 25.0 Å². The molecule has 1 saturated carbocycles. The van der Waals surface area contributed by atoms with Crippen LogP contribution >= 0.6 is 0 Å². The van der Waals surface area contributed by atoms with E-state index in [9.17, 15) is 23.9 Å². The van der Waals surface area contributed by atoms with Gasteiger partial charge in [-0.1, -0.05) is 6.08 Å². The van der Waals surface area contributed by atoms with Gasteiger partial charge in [-0.25, -0.2) is 14.2 Å². The lowest BCUT2D eigenvalue weighted by atomic mass is 10.0. The monoisotopic (exact) mass is 554 g/mol. The average Bonchev–Trinajstić information content (AvgIpc) is 3.77.